The number of aliphatic hydroxyl groups excluding tert-OH is 5. The molecule has 0 heterocycles. The molecular weight excluding hydrogens is 1810 g/mol. The average Bonchev–Trinajstić information content (AvgIpc) is 0.771. The molecule has 14 aromatic carbocycles. The van der Waals surface area contributed by atoms with Gasteiger partial charge < -0.3 is 72.9 Å². The highest BCUT2D eigenvalue weighted by Gasteiger charge is 2.28. The summed E-state index contributed by atoms with van der Waals surface area (Å²) in [5.41, 5.74) is 21.9. The van der Waals surface area contributed by atoms with E-state index in [1.807, 2.05) is 104 Å². The van der Waals surface area contributed by atoms with E-state index in [-0.39, 0.29) is 83.2 Å². The van der Waals surface area contributed by atoms with Crippen molar-refractivity contribution in [1.29, 1.82) is 0 Å². The molecule has 15 nitrogen and oxygen atoms in total. The third-order valence-electron chi connectivity index (χ3n) is 22.6. The summed E-state index contributed by atoms with van der Waals surface area (Å²) < 4.78 is 55.7. The Kier molecular flexibility index (Phi) is 44.8. The molecule has 0 amide bonds. The first-order valence-corrected chi connectivity index (χ1v) is 51.4. The molecule has 5 unspecified atom stereocenters. The van der Waals surface area contributed by atoms with Crippen LogP contribution in [0, 0.1) is 20.8 Å². The molecule has 0 aliphatic carbocycles. The molecule has 0 saturated heterocycles. The number of ether oxygens (including phenoxy) is 10. The summed E-state index contributed by atoms with van der Waals surface area (Å²) in [5.74, 6) is 4.38. The molecule has 726 valence electrons. The van der Waals surface area contributed by atoms with Gasteiger partial charge >= 0.3 is 0 Å². The first kappa shape index (κ1) is 110. The zero-order chi connectivity index (χ0) is 99.0. The molecule has 0 bridgehead atoms. The number of hydrogen-bond acceptors (Lipinski definition) is 15. The maximum Gasteiger partial charge on any atom is 0.188 e. The Hall–Kier alpha value is -10.2. The van der Waals surface area contributed by atoms with Crippen molar-refractivity contribution in [1.82, 2.24) is 0 Å². The number of methoxy groups -OCH3 is 5. The van der Waals surface area contributed by atoms with Crippen LogP contribution in [0.1, 0.15) is 168 Å². The molecule has 0 aliphatic rings. The fourth-order valence-electron chi connectivity index (χ4n) is 15.4. The Balaban J connectivity index is 0.000000179. The first-order chi connectivity index (χ1) is 66.6. The van der Waals surface area contributed by atoms with Crippen molar-refractivity contribution in [3.05, 3.63) is 409 Å². The smallest absolute Gasteiger partial charge is 0.188 e. The van der Waals surface area contributed by atoms with Crippen LogP contribution in [0.25, 0.3) is 0 Å². The molecule has 20 heteroatoms. The van der Waals surface area contributed by atoms with Crippen LogP contribution < -0.4 is 76.7 Å². The molecule has 5 N–H and O–H groups in total. The van der Waals surface area contributed by atoms with Crippen LogP contribution in [0.4, 0.5) is 0 Å². The van der Waals surface area contributed by atoms with E-state index in [9.17, 15) is 25.5 Å². The van der Waals surface area contributed by atoms with E-state index in [1.54, 1.807) is 35.5 Å². The Labute approximate surface area is 828 Å². The summed E-state index contributed by atoms with van der Waals surface area (Å²) in [6.07, 6.45) is 3.32. The van der Waals surface area contributed by atoms with Gasteiger partial charge in [0.05, 0.1) is 33.0 Å². The van der Waals surface area contributed by atoms with Crippen molar-refractivity contribution < 1.29 is 72.9 Å². The van der Waals surface area contributed by atoms with Gasteiger partial charge in [-0.15, -0.1) is 0 Å². The van der Waals surface area contributed by atoms with Crippen molar-refractivity contribution in [2.24, 2.45) is 0 Å². The van der Waals surface area contributed by atoms with Crippen LogP contribution in [0.2, 0.25) is 0 Å². The Morgan fingerprint density at radius 3 is 0.978 bits per heavy atom. The highest BCUT2D eigenvalue weighted by molar-refractivity contribution is 7.57. The minimum Gasteiger partial charge on any atom is -0.467 e. The van der Waals surface area contributed by atoms with Crippen molar-refractivity contribution in [3.8, 4) is 28.7 Å². The number of rotatable bonds is 38. The summed E-state index contributed by atoms with van der Waals surface area (Å²) in [4.78, 5) is 0. The highest BCUT2D eigenvalue weighted by Crippen LogP contribution is 2.40. The normalized spacial score (nSPS) is 11.7. The quantitative estimate of drug-likeness (QED) is 0.0181. The molecule has 0 saturated carbocycles. The Morgan fingerprint density at radius 2 is 0.551 bits per heavy atom. The minimum absolute atomic E-state index is 0.0258. The van der Waals surface area contributed by atoms with Gasteiger partial charge in [0.15, 0.2) is 34.0 Å². The van der Waals surface area contributed by atoms with Gasteiger partial charge in [0.2, 0.25) is 0 Å². The van der Waals surface area contributed by atoms with E-state index in [2.05, 4.69) is 282 Å². The number of benzene rings is 14. The lowest BCUT2D eigenvalue weighted by Crippen LogP contribution is -2.24. The van der Waals surface area contributed by atoms with Gasteiger partial charge in [-0.25, -0.2) is 0 Å². The zero-order valence-corrected chi connectivity index (χ0v) is 88.1. The number of aryl methyl sites for hydroxylation is 3. The Morgan fingerprint density at radius 1 is 0.225 bits per heavy atom. The lowest BCUT2D eigenvalue weighted by atomic mass is 9.80. The molecular formula is C118H139O15P5. The van der Waals surface area contributed by atoms with Gasteiger partial charge in [0, 0.05) is 80.5 Å². The minimum atomic E-state index is -0.0589. The van der Waals surface area contributed by atoms with Gasteiger partial charge in [0.1, 0.15) is 28.7 Å². The van der Waals surface area contributed by atoms with E-state index in [4.69, 9.17) is 47.4 Å². The van der Waals surface area contributed by atoms with Crippen LogP contribution in [-0.4, -0.2) is 95.0 Å². The van der Waals surface area contributed by atoms with E-state index < -0.39 is 0 Å². The summed E-state index contributed by atoms with van der Waals surface area (Å²) in [6, 6.07) is 104. The molecule has 0 radical (unpaired) electrons. The third kappa shape index (κ3) is 34.1. The van der Waals surface area contributed by atoms with E-state index in [1.165, 1.54) is 50.1 Å². The van der Waals surface area contributed by atoms with Crippen LogP contribution >= 0.6 is 42.9 Å². The first-order valence-electron chi connectivity index (χ1n) is 46.4. The highest BCUT2D eigenvalue weighted by atomic mass is 31.1. The molecule has 14 rings (SSSR count). The maximum absolute atomic E-state index is 9.86. The monoisotopic (exact) mass is 1950 g/mol. The van der Waals surface area contributed by atoms with Gasteiger partial charge in [0.25, 0.3) is 0 Å². The second-order valence-corrected chi connectivity index (χ2v) is 43.3. The SMILES string of the molecule is COCOc1c(C)cc(C(C)(C)C)cc1Pc1ccc(C)cc1CO.COCOc1c(Cc2ccccc2)cc(Cc2ccccc2)cc1Pc1ccccc1CO.COCOc1c(Cc2ccccc2)cccc1Pc1ccccc1CO.COCOc1c(Pc2ccc(C)cc2CO)cc(C(C)(C)C)cc1C(C)(C)C.COCOc1ccc(Cc2ccccc2)cc1Pc1ccccc1CO. The van der Waals surface area contributed by atoms with Crippen LogP contribution in [0.5, 0.6) is 28.7 Å². The Bertz CT molecular complexity index is 6030. The van der Waals surface area contributed by atoms with E-state index in [0.29, 0.717) is 42.9 Å². The van der Waals surface area contributed by atoms with Crippen molar-refractivity contribution in [2.75, 3.05) is 69.5 Å². The predicted molar refractivity (Wildman–Crippen MR) is 582 cm³/mol. The largest absolute Gasteiger partial charge is 0.467 e. The second kappa shape index (κ2) is 56.3. The predicted octanol–water partition coefficient (Wildman–Crippen LogP) is 20.1. The molecule has 0 fully saturated rings. The van der Waals surface area contributed by atoms with Crippen molar-refractivity contribution >= 4 is 95.9 Å². The standard InChI is InChI=1S/C29H29O3P.C24H35O3P.2C22H23O3P.C21H29O3P/c1-31-21-32-29-26(17-23-12-6-3-7-13-23)18-24(16-22-10-4-2-5-11-22)19-28(29)33-27-15-9-8-14-25(27)20-30;1-16-9-10-20(17(11-16)14-25)28-21-13-18(23(2,3)4)12-19(24(5,6)7)22(21)27-15-26-8;1-24-16-25-22-18(14-17-8-3-2-4-9-17)11-7-13-21(22)26-20-12-6-5-10-19(20)15-23;1-24-16-25-20-12-11-18(13-17-7-3-2-4-8-17)14-22(20)26-21-10-6-5-9-19(21)15-23;1-14-7-8-18(16(9-14)12-22)25-19-11-17(21(3,4)5)10-15(2)20(19)24-13-23-6/h2-15,18-19,30,33H,16-17,20-21H2,1H3;9-13,25,28H,14-15H2,1-8H3;2-13,23,26H,14-16H2,1H3;2-12,14,23,26H,13,15-16H2,1H3;7-11,22,25H,12-13H2,1-6H3. The van der Waals surface area contributed by atoms with Gasteiger partial charge in [-0.1, -0.05) is 389 Å². The van der Waals surface area contributed by atoms with E-state index >= 15 is 0 Å². The molecule has 5 atom stereocenters. The fourth-order valence-corrected chi connectivity index (χ4v) is 22.2. The van der Waals surface area contributed by atoms with Crippen LogP contribution in [0.3, 0.4) is 0 Å². The molecule has 138 heavy (non-hydrogen) atoms. The van der Waals surface area contributed by atoms with Gasteiger partial charge in [-0.3, -0.25) is 0 Å². The van der Waals surface area contributed by atoms with Crippen molar-refractivity contribution in [3.63, 3.8) is 0 Å². The maximum atomic E-state index is 9.86. The molecule has 0 spiro atoms. The lowest BCUT2D eigenvalue weighted by molar-refractivity contribution is 0.0505. The summed E-state index contributed by atoms with van der Waals surface area (Å²) in [6.45, 7) is 27.5. The number of hydrogen-bond donors (Lipinski definition) is 5. The van der Waals surface area contributed by atoms with Crippen LogP contribution in [0.15, 0.2) is 303 Å². The zero-order valence-electron chi connectivity index (χ0n) is 83.1. The fraction of sp³-hybridized carbons (Fsp3) is 0.288. The molecule has 0 aliphatic heterocycles. The topological polar surface area (TPSA) is 193 Å². The molecule has 0 aromatic heterocycles. The third-order valence-corrected chi connectivity index (χ3v) is 29.7. The summed E-state index contributed by atoms with van der Waals surface area (Å²) >= 11 is 0. The number of para-hydroxylation sites is 1. The number of aliphatic hydroxyl groups is 5. The summed E-state index contributed by atoms with van der Waals surface area (Å²) in [7, 11) is 10.2. The van der Waals surface area contributed by atoms with Crippen molar-refractivity contribution in [2.45, 2.75) is 158 Å². The second-order valence-electron chi connectivity index (χ2n) is 36.7. The summed E-state index contributed by atoms with van der Waals surface area (Å²) in [5, 5.41) is 60.0. The van der Waals surface area contributed by atoms with E-state index in [0.717, 1.165) is 163 Å². The van der Waals surface area contributed by atoms with Gasteiger partial charge in [-0.2, -0.15) is 0 Å². The average molecular weight is 1950 g/mol. The van der Waals surface area contributed by atoms with Gasteiger partial charge in [-0.05, 0) is 196 Å². The molecule has 14 aromatic rings. The lowest BCUT2D eigenvalue weighted by Gasteiger charge is -2.29. The van der Waals surface area contributed by atoms with Crippen LogP contribution in [-0.2, 0) is 98.6 Å².